The molecule has 0 spiro atoms. The number of hydrogen-bond acceptors (Lipinski definition) is 3. The van der Waals surface area contributed by atoms with E-state index in [4.69, 9.17) is 4.52 Å². The third-order valence-electron chi connectivity index (χ3n) is 5.22. The maximum atomic E-state index is 12.3. The summed E-state index contributed by atoms with van der Waals surface area (Å²) in [5.74, 6) is 0.189. The van der Waals surface area contributed by atoms with Crippen molar-refractivity contribution in [3.63, 3.8) is 0 Å². The zero-order chi connectivity index (χ0) is 21.3. The third-order valence-corrected chi connectivity index (χ3v) is 7.87. The molecule has 1 amide bonds. The largest absolute Gasteiger partial charge is 0.356 e. The number of nitrogens with one attached hydrogen (secondary N) is 1. The molecule has 0 aliphatic heterocycles. The summed E-state index contributed by atoms with van der Waals surface area (Å²) < 4.78 is 17.8. The highest BCUT2D eigenvalue weighted by Gasteiger charge is 2.25. The smallest absolute Gasteiger partial charge is 0.219 e. The van der Waals surface area contributed by atoms with Crippen LogP contribution >= 0.6 is 7.37 Å². The Hall–Kier alpha value is -0.340. The molecule has 4 nitrogen and oxygen atoms in total. The second-order valence-electron chi connectivity index (χ2n) is 9.02. The highest BCUT2D eigenvalue weighted by atomic mass is 31.2. The molecule has 0 aromatic carbocycles. The molecule has 176 valence electrons. The first-order valence-corrected chi connectivity index (χ1v) is 13.4. The van der Waals surface area contributed by atoms with Gasteiger partial charge in [-0.25, -0.2) is 0 Å². The molecule has 0 saturated heterocycles. The number of amides is 1. The Kier molecular flexibility index (Phi) is 19.6. The minimum atomic E-state index is -2.78. The highest BCUT2D eigenvalue weighted by molar-refractivity contribution is 7.61. The number of carbonyl (C=O) groups excluding carboxylic acids is 1. The normalized spacial score (nSPS) is 13.6. The first kappa shape index (κ1) is 30.9. The van der Waals surface area contributed by atoms with E-state index in [1.165, 1.54) is 51.4 Å². The van der Waals surface area contributed by atoms with Crippen LogP contribution < -0.4 is 5.32 Å². The second kappa shape index (κ2) is 18.4. The van der Waals surface area contributed by atoms with Crippen LogP contribution in [0.15, 0.2) is 0 Å². The molecule has 29 heavy (non-hydrogen) atoms. The molecular formula is C24H51NO3P-. The van der Waals surface area contributed by atoms with Crippen molar-refractivity contribution in [1.29, 1.82) is 0 Å². The van der Waals surface area contributed by atoms with Crippen LogP contribution in [-0.4, -0.2) is 24.2 Å². The lowest BCUT2D eigenvalue weighted by atomic mass is 10.1. The lowest BCUT2D eigenvalue weighted by Crippen LogP contribution is -2.23. The van der Waals surface area contributed by atoms with Crippen molar-refractivity contribution in [3.8, 4) is 0 Å². The van der Waals surface area contributed by atoms with Crippen molar-refractivity contribution in [2.45, 2.75) is 130 Å². The number of carbonyl (C=O) groups is 1. The molecule has 0 aliphatic carbocycles. The van der Waals surface area contributed by atoms with E-state index < -0.39 is 12.5 Å². The standard InChI is InChI=1S/C23H47NO3P.CH4/c1-6-7-8-9-10-11-12-13-16-19-22(25)24-20-17-14-15-18-21-27-28(5,26)23(2,3)4;/h5-21H2,1-4H3,(H,24,25);1H4/q-1;. The fourth-order valence-corrected chi connectivity index (χ4v) is 3.71. The van der Waals surface area contributed by atoms with Crippen LogP contribution in [0.4, 0.5) is 0 Å². The van der Waals surface area contributed by atoms with Gasteiger partial charge in [-0.15, -0.1) is 0 Å². The molecular weight excluding hydrogens is 381 g/mol. The van der Waals surface area contributed by atoms with Gasteiger partial charge < -0.3 is 14.4 Å². The van der Waals surface area contributed by atoms with Gasteiger partial charge in [-0.3, -0.25) is 11.5 Å². The van der Waals surface area contributed by atoms with Crippen LogP contribution in [0.1, 0.15) is 125 Å². The maximum Gasteiger partial charge on any atom is 0.219 e. The van der Waals surface area contributed by atoms with Gasteiger partial charge in [0.25, 0.3) is 0 Å². The van der Waals surface area contributed by atoms with E-state index in [-0.39, 0.29) is 13.3 Å². The summed E-state index contributed by atoms with van der Waals surface area (Å²) in [6.45, 7) is 13.0. The predicted molar refractivity (Wildman–Crippen MR) is 129 cm³/mol. The fourth-order valence-electron chi connectivity index (χ4n) is 2.90. The van der Waals surface area contributed by atoms with E-state index in [9.17, 15) is 9.36 Å². The molecule has 0 radical (unpaired) electrons. The van der Waals surface area contributed by atoms with Gasteiger partial charge >= 0.3 is 0 Å². The van der Waals surface area contributed by atoms with Crippen molar-refractivity contribution in [1.82, 2.24) is 5.32 Å². The molecule has 0 aliphatic rings. The van der Waals surface area contributed by atoms with Gasteiger partial charge in [-0.1, -0.05) is 99.3 Å². The summed E-state index contributed by atoms with van der Waals surface area (Å²) >= 11 is 0. The fraction of sp³-hybridized carbons (Fsp3) is 0.917. The second-order valence-corrected chi connectivity index (χ2v) is 12.0. The van der Waals surface area contributed by atoms with Crippen molar-refractivity contribution in [3.05, 3.63) is 6.66 Å². The van der Waals surface area contributed by atoms with Gasteiger partial charge in [0.2, 0.25) is 5.91 Å². The quantitative estimate of drug-likeness (QED) is 0.135. The Morgan fingerprint density at radius 3 is 1.90 bits per heavy atom. The predicted octanol–water partition coefficient (Wildman–Crippen LogP) is 8.10. The molecule has 0 aromatic heterocycles. The highest BCUT2D eigenvalue weighted by Crippen LogP contribution is 2.57. The average molecular weight is 433 g/mol. The molecule has 0 heterocycles. The molecule has 1 atom stereocenters. The topological polar surface area (TPSA) is 55.4 Å². The Labute approximate surface area is 182 Å². The third kappa shape index (κ3) is 18.2. The van der Waals surface area contributed by atoms with E-state index in [1.54, 1.807) is 0 Å². The van der Waals surface area contributed by atoms with Crippen molar-refractivity contribution >= 4 is 13.3 Å². The number of rotatable bonds is 18. The van der Waals surface area contributed by atoms with Crippen LogP contribution in [0.2, 0.25) is 0 Å². The molecule has 0 bridgehead atoms. The minimum Gasteiger partial charge on any atom is -0.356 e. The summed E-state index contributed by atoms with van der Waals surface area (Å²) in [5.41, 5.74) is 0. The SMILES string of the molecule is C.[CH2-]P(=O)(OCCCCCCNC(=O)CCCCCCCCCCC)C(C)(C)C. The van der Waals surface area contributed by atoms with Crippen molar-refractivity contribution in [2.24, 2.45) is 0 Å². The van der Waals surface area contributed by atoms with E-state index >= 15 is 0 Å². The summed E-state index contributed by atoms with van der Waals surface area (Å²) in [6, 6.07) is 0. The lowest BCUT2D eigenvalue weighted by Gasteiger charge is -2.33. The van der Waals surface area contributed by atoms with E-state index in [2.05, 4.69) is 18.9 Å². The Morgan fingerprint density at radius 1 is 0.862 bits per heavy atom. The molecule has 0 saturated carbocycles. The molecule has 0 aromatic rings. The van der Waals surface area contributed by atoms with Gasteiger partial charge in [0.1, 0.15) is 0 Å². The summed E-state index contributed by atoms with van der Waals surface area (Å²) in [5, 5.41) is 2.62. The minimum absolute atomic E-state index is 0. The first-order valence-electron chi connectivity index (χ1n) is 11.6. The van der Waals surface area contributed by atoms with Crippen LogP contribution in [-0.2, 0) is 13.9 Å². The lowest BCUT2D eigenvalue weighted by molar-refractivity contribution is -0.121. The molecule has 0 rings (SSSR count). The maximum absolute atomic E-state index is 12.3. The van der Waals surface area contributed by atoms with Crippen LogP contribution in [0.25, 0.3) is 0 Å². The van der Waals surface area contributed by atoms with Gasteiger partial charge in [0.05, 0.1) is 14.0 Å². The van der Waals surface area contributed by atoms with Crippen LogP contribution in [0.3, 0.4) is 0 Å². The molecule has 1 unspecified atom stereocenters. The Balaban J connectivity index is 0. The first-order chi connectivity index (χ1) is 13.2. The molecule has 0 fully saturated rings. The summed E-state index contributed by atoms with van der Waals surface area (Å²) in [6.07, 6.45) is 16.1. The van der Waals surface area contributed by atoms with E-state index in [1.807, 2.05) is 20.8 Å². The zero-order valence-electron chi connectivity index (χ0n) is 19.2. The van der Waals surface area contributed by atoms with Crippen LogP contribution in [0.5, 0.6) is 0 Å². The van der Waals surface area contributed by atoms with Crippen molar-refractivity contribution < 1.29 is 13.9 Å². The number of hydrogen-bond donors (Lipinski definition) is 1. The molecule has 1 N–H and O–H groups in total. The van der Waals surface area contributed by atoms with Crippen molar-refractivity contribution in [2.75, 3.05) is 13.2 Å². The summed E-state index contributed by atoms with van der Waals surface area (Å²) in [7, 11) is -2.78. The monoisotopic (exact) mass is 432 g/mol. The van der Waals surface area contributed by atoms with Gasteiger partial charge in [0.15, 0.2) is 0 Å². The number of unbranched alkanes of at least 4 members (excludes halogenated alkanes) is 11. The van der Waals surface area contributed by atoms with E-state index in [0.717, 1.165) is 38.6 Å². The molecule has 5 heteroatoms. The van der Waals surface area contributed by atoms with Crippen LogP contribution in [0, 0.1) is 6.66 Å². The van der Waals surface area contributed by atoms with Gasteiger partial charge in [-0.05, 0) is 19.3 Å². The Bertz CT molecular complexity index is 432. The van der Waals surface area contributed by atoms with Gasteiger partial charge in [-0.2, -0.15) is 0 Å². The average Bonchev–Trinajstić information content (AvgIpc) is 2.61. The Morgan fingerprint density at radius 2 is 1.34 bits per heavy atom. The van der Waals surface area contributed by atoms with Gasteiger partial charge in [0, 0.05) is 18.1 Å². The zero-order valence-corrected chi connectivity index (χ0v) is 20.1. The summed E-state index contributed by atoms with van der Waals surface area (Å²) in [4.78, 5) is 11.8. The van der Waals surface area contributed by atoms with E-state index in [0.29, 0.717) is 13.0 Å².